The van der Waals surface area contributed by atoms with Gasteiger partial charge >= 0.3 is 0 Å². The van der Waals surface area contributed by atoms with Crippen LogP contribution in [0.5, 0.6) is 11.5 Å². The number of carbonyl (C=O) groups is 1. The van der Waals surface area contributed by atoms with Gasteiger partial charge in [0, 0.05) is 6.20 Å². The van der Waals surface area contributed by atoms with Crippen LogP contribution in [-0.4, -0.2) is 24.6 Å². The van der Waals surface area contributed by atoms with Gasteiger partial charge in [0.05, 0.1) is 19.8 Å². The van der Waals surface area contributed by atoms with Crippen LogP contribution in [0.1, 0.15) is 42.4 Å². The molecule has 122 valence electrons. The van der Waals surface area contributed by atoms with Crippen LogP contribution in [0.25, 0.3) is 0 Å². The number of pyridine rings is 1. The molecule has 0 bridgehead atoms. The van der Waals surface area contributed by atoms with Crippen molar-refractivity contribution >= 4 is 5.91 Å². The fraction of sp³-hybridized carbons (Fsp3) is 0.333. The first-order valence-corrected chi connectivity index (χ1v) is 7.68. The number of ether oxygens (including phenoxy) is 2. The molecule has 1 atom stereocenters. The number of amides is 1. The van der Waals surface area contributed by atoms with Gasteiger partial charge in [0.15, 0.2) is 11.5 Å². The number of aromatic nitrogens is 1. The van der Waals surface area contributed by atoms with Crippen LogP contribution in [0.15, 0.2) is 42.6 Å². The summed E-state index contributed by atoms with van der Waals surface area (Å²) >= 11 is 0. The first-order chi connectivity index (χ1) is 11.2. The number of methoxy groups -OCH3 is 1. The Morgan fingerprint density at radius 1 is 1.26 bits per heavy atom. The molecule has 1 aromatic heterocycles. The van der Waals surface area contributed by atoms with E-state index in [0.29, 0.717) is 23.8 Å². The Labute approximate surface area is 136 Å². The van der Waals surface area contributed by atoms with Crippen molar-refractivity contribution in [2.24, 2.45) is 0 Å². The van der Waals surface area contributed by atoms with Gasteiger partial charge in [0.2, 0.25) is 0 Å². The van der Waals surface area contributed by atoms with Gasteiger partial charge in [-0.3, -0.25) is 9.78 Å². The molecule has 0 spiro atoms. The maximum atomic E-state index is 12.2. The molecule has 0 saturated carbocycles. The number of nitrogens with zero attached hydrogens (tertiary/aromatic N) is 1. The van der Waals surface area contributed by atoms with Gasteiger partial charge in [-0.25, -0.2) is 0 Å². The molecule has 0 aliphatic heterocycles. The molecule has 0 aliphatic carbocycles. The van der Waals surface area contributed by atoms with E-state index in [1.54, 1.807) is 31.5 Å². The van der Waals surface area contributed by atoms with Crippen molar-refractivity contribution in [2.75, 3.05) is 13.7 Å². The number of hydrogen-bond donors (Lipinski definition) is 1. The second kappa shape index (κ2) is 8.17. The van der Waals surface area contributed by atoms with Crippen LogP contribution < -0.4 is 14.8 Å². The van der Waals surface area contributed by atoms with Crippen LogP contribution >= 0.6 is 0 Å². The summed E-state index contributed by atoms with van der Waals surface area (Å²) in [6.45, 7) is 4.61. The van der Waals surface area contributed by atoms with Crippen LogP contribution in [0.2, 0.25) is 0 Å². The average Bonchev–Trinajstić information content (AvgIpc) is 2.60. The van der Waals surface area contributed by atoms with E-state index in [-0.39, 0.29) is 11.9 Å². The summed E-state index contributed by atoms with van der Waals surface area (Å²) < 4.78 is 11.0. The molecule has 23 heavy (non-hydrogen) atoms. The molecule has 0 saturated heterocycles. The van der Waals surface area contributed by atoms with Crippen molar-refractivity contribution in [1.29, 1.82) is 0 Å². The molecule has 0 unspecified atom stereocenters. The fourth-order valence-electron chi connectivity index (χ4n) is 2.14. The largest absolute Gasteiger partial charge is 0.493 e. The normalized spacial score (nSPS) is 11.6. The quantitative estimate of drug-likeness (QED) is 0.851. The number of carbonyl (C=O) groups excluding carboxylic acids is 1. The summed E-state index contributed by atoms with van der Waals surface area (Å²) in [5.74, 6) is 1.17. The lowest BCUT2D eigenvalue weighted by Crippen LogP contribution is -2.27. The van der Waals surface area contributed by atoms with E-state index in [1.807, 2.05) is 25.1 Å². The minimum Gasteiger partial charge on any atom is -0.493 e. The van der Waals surface area contributed by atoms with Crippen LogP contribution in [0, 0.1) is 0 Å². The Morgan fingerprint density at radius 2 is 2.09 bits per heavy atom. The van der Waals surface area contributed by atoms with Gasteiger partial charge in [-0.2, -0.15) is 0 Å². The molecule has 0 fully saturated rings. The van der Waals surface area contributed by atoms with Gasteiger partial charge in [-0.1, -0.05) is 19.1 Å². The molecule has 1 heterocycles. The van der Waals surface area contributed by atoms with E-state index in [0.717, 1.165) is 12.0 Å². The Morgan fingerprint density at radius 3 is 2.74 bits per heavy atom. The molecule has 5 heteroatoms. The van der Waals surface area contributed by atoms with Crippen molar-refractivity contribution in [3.05, 3.63) is 53.9 Å². The maximum Gasteiger partial charge on any atom is 0.270 e. The van der Waals surface area contributed by atoms with Crippen molar-refractivity contribution in [1.82, 2.24) is 10.3 Å². The highest BCUT2D eigenvalue weighted by Gasteiger charge is 2.14. The third kappa shape index (κ3) is 4.45. The lowest BCUT2D eigenvalue weighted by Gasteiger charge is -2.17. The summed E-state index contributed by atoms with van der Waals surface area (Å²) in [7, 11) is 1.61. The summed E-state index contributed by atoms with van der Waals surface area (Å²) in [5, 5.41) is 2.93. The highest BCUT2D eigenvalue weighted by molar-refractivity contribution is 5.92. The minimum atomic E-state index is -0.205. The topological polar surface area (TPSA) is 60.5 Å². The third-order valence-electron chi connectivity index (χ3n) is 3.39. The zero-order valence-corrected chi connectivity index (χ0v) is 13.7. The molecule has 0 aliphatic rings. The predicted molar refractivity (Wildman–Crippen MR) is 88.9 cm³/mol. The van der Waals surface area contributed by atoms with E-state index < -0.39 is 0 Å². The monoisotopic (exact) mass is 314 g/mol. The number of nitrogens with one attached hydrogen (secondary N) is 1. The molecule has 1 aromatic carbocycles. The molecule has 1 amide bonds. The number of rotatable bonds is 7. The first kappa shape index (κ1) is 16.8. The van der Waals surface area contributed by atoms with Crippen LogP contribution in [-0.2, 0) is 0 Å². The van der Waals surface area contributed by atoms with Gasteiger partial charge in [-0.05, 0) is 43.2 Å². The van der Waals surface area contributed by atoms with E-state index in [2.05, 4.69) is 17.2 Å². The molecule has 2 rings (SSSR count). The van der Waals surface area contributed by atoms with Crippen molar-refractivity contribution < 1.29 is 14.3 Å². The second-order valence-corrected chi connectivity index (χ2v) is 5.17. The number of benzene rings is 1. The van der Waals surface area contributed by atoms with E-state index in [1.165, 1.54) is 0 Å². The third-order valence-corrected chi connectivity index (χ3v) is 3.39. The Hall–Kier alpha value is -2.56. The van der Waals surface area contributed by atoms with Gasteiger partial charge in [-0.15, -0.1) is 0 Å². The Balaban J connectivity index is 2.10. The highest BCUT2D eigenvalue weighted by atomic mass is 16.5. The average molecular weight is 314 g/mol. The van der Waals surface area contributed by atoms with Gasteiger partial charge < -0.3 is 14.8 Å². The fourth-order valence-corrected chi connectivity index (χ4v) is 2.14. The molecule has 5 nitrogen and oxygen atoms in total. The zero-order valence-electron chi connectivity index (χ0n) is 13.7. The molecule has 2 aromatic rings. The summed E-state index contributed by atoms with van der Waals surface area (Å²) in [4.78, 5) is 16.2. The molecular weight excluding hydrogens is 292 g/mol. The first-order valence-electron chi connectivity index (χ1n) is 7.68. The SMILES string of the molecule is CCCOc1ccc([C@H](C)NC(=O)c2ccccn2)cc1OC. The second-order valence-electron chi connectivity index (χ2n) is 5.17. The van der Waals surface area contributed by atoms with Crippen molar-refractivity contribution in [3.8, 4) is 11.5 Å². The number of hydrogen-bond acceptors (Lipinski definition) is 4. The predicted octanol–water partition coefficient (Wildman–Crippen LogP) is 3.37. The Kier molecular flexibility index (Phi) is 5.97. The van der Waals surface area contributed by atoms with E-state index in [4.69, 9.17) is 9.47 Å². The van der Waals surface area contributed by atoms with E-state index >= 15 is 0 Å². The minimum absolute atomic E-state index is 0.168. The van der Waals surface area contributed by atoms with Crippen LogP contribution in [0.3, 0.4) is 0 Å². The molecule has 1 N–H and O–H groups in total. The van der Waals surface area contributed by atoms with E-state index in [9.17, 15) is 4.79 Å². The smallest absolute Gasteiger partial charge is 0.270 e. The Bertz CT molecular complexity index is 644. The van der Waals surface area contributed by atoms with Gasteiger partial charge in [0.1, 0.15) is 5.69 Å². The summed E-state index contributed by atoms with van der Waals surface area (Å²) in [6.07, 6.45) is 2.53. The lowest BCUT2D eigenvalue weighted by atomic mass is 10.1. The van der Waals surface area contributed by atoms with Crippen LogP contribution in [0.4, 0.5) is 0 Å². The standard InChI is InChI=1S/C18H22N2O3/c1-4-11-23-16-9-8-14(12-17(16)22-3)13(2)20-18(21)15-7-5-6-10-19-15/h5-10,12-13H,4,11H2,1-3H3,(H,20,21)/t13-/m0/s1. The molecule has 0 radical (unpaired) electrons. The zero-order chi connectivity index (χ0) is 16.7. The maximum absolute atomic E-state index is 12.2. The summed E-state index contributed by atoms with van der Waals surface area (Å²) in [5.41, 5.74) is 1.34. The van der Waals surface area contributed by atoms with Gasteiger partial charge in [0.25, 0.3) is 5.91 Å². The summed E-state index contributed by atoms with van der Waals surface area (Å²) in [6, 6.07) is 10.8. The highest BCUT2D eigenvalue weighted by Crippen LogP contribution is 2.30. The molecular formula is C18H22N2O3. The lowest BCUT2D eigenvalue weighted by molar-refractivity contribution is 0.0935. The van der Waals surface area contributed by atoms with Crippen molar-refractivity contribution in [2.45, 2.75) is 26.3 Å². The van der Waals surface area contributed by atoms with Crippen molar-refractivity contribution in [3.63, 3.8) is 0 Å².